The molecule has 0 unspecified atom stereocenters. The van der Waals surface area contributed by atoms with E-state index in [2.05, 4.69) is 62.8 Å². The van der Waals surface area contributed by atoms with E-state index in [-0.39, 0.29) is 6.04 Å². The average Bonchev–Trinajstić information content (AvgIpc) is 3.34. The summed E-state index contributed by atoms with van der Waals surface area (Å²) in [6.07, 6.45) is 10.1. The lowest BCUT2D eigenvalue weighted by molar-refractivity contribution is -0.140. The second-order valence-corrected chi connectivity index (χ2v) is 15.3. The summed E-state index contributed by atoms with van der Waals surface area (Å²) in [5, 5.41) is 1.14. The molecule has 7 heteroatoms. The monoisotopic (exact) mass is 573 g/mol. The predicted molar refractivity (Wildman–Crippen MR) is 165 cm³/mol. The van der Waals surface area contributed by atoms with Gasteiger partial charge < -0.3 is 4.90 Å². The molecule has 6 fully saturated rings. The number of carbonyl (C=O) groups excluding carboxylic acids is 1. The molecular formula is C34H47N5OS. The molecule has 1 aromatic carbocycles. The van der Waals surface area contributed by atoms with Crippen LogP contribution in [0.25, 0.3) is 0 Å². The standard InChI is InChI=1S/C34H47N5OS/c1-22(2)27-6-4-24(5-7-27)20-39-21-30(41-34-35-9-8-23(3)36-34)19-31(39)33(40)38-12-10-37(11-13-38)32-28-15-25-14-26(17-28)18-29(32)16-25/h4-9,22,25-26,28-32H,10-21H2,1-3H3/t25?,26?,28?,29?,30-,31-,32?/m0/s1. The molecule has 2 aromatic rings. The highest BCUT2D eigenvalue weighted by Gasteiger charge is 2.50. The minimum atomic E-state index is -0.0743. The Kier molecular flexibility index (Phi) is 7.89. The third-order valence-corrected chi connectivity index (χ3v) is 12.0. The van der Waals surface area contributed by atoms with E-state index in [0.717, 1.165) is 86.3 Å². The second kappa shape index (κ2) is 11.6. The quantitative estimate of drug-likeness (QED) is 0.401. The summed E-state index contributed by atoms with van der Waals surface area (Å²) in [4.78, 5) is 30.7. The molecular weight excluding hydrogens is 526 g/mol. The third-order valence-electron chi connectivity index (χ3n) is 11.0. The van der Waals surface area contributed by atoms with Crippen LogP contribution >= 0.6 is 11.8 Å². The van der Waals surface area contributed by atoms with Crippen LogP contribution in [0, 0.1) is 30.6 Å². The van der Waals surface area contributed by atoms with Gasteiger partial charge in [-0.05, 0) is 92.2 Å². The number of piperazine rings is 1. The molecule has 2 aliphatic heterocycles. The molecule has 41 heavy (non-hydrogen) atoms. The Morgan fingerprint density at radius 3 is 2.24 bits per heavy atom. The Hall–Kier alpha value is -1.96. The van der Waals surface area contributed by atoms with E-state index in [1.54, 1.807) is 11.8 Å². The molecule has 1 aromatic heterocycles. The summed E-state index contributed by atoms with van der Waals surface area (Å²) in [5.41, 5.74) is 3.65. The molecule has 0 N–H and O–H groups in total. The molecule has 8 rings (SSSR count). The summed E-state index contributed by atoms with van der Waals surface area (Å²) in [5.74, 6) is 4.73. The van der Waals surface area contributed by atoms with Crippen molar-refractivity contribution in [3.05, 3.63) is 53.3 Å². The third kappa shape index (κ3) is 5.83. The maximum absolute atomic E-state index is 14.1. The molecule has 0 radical (unpaired) electrons. The number of likely N-dealkylation sites (tertiary alicyclic amines) is 1. The first-order valence-corrected chi connectivity index (χ1v) is 17.1. The second-order valence-electron chi connectivity index (χ2n) is 14.1. The summed E-state index contributed by atoms with van der Waals surface area (Å²) in [7, 11) is 0. The Morgan fingerprint density at radius 1 is 0.927 bits per heavy atom. The molecule has 4 saturated carbocycles. The fourth-order valence-corrected chi connectivity index (χ4v) is 10.4. The first-order valence-electron chi connectivity index (χ1n) is 16.2. The van der Waals surface area contributed by atoms with Crippen LogP contribution < -0.4 is 0 Å². The molecule has 2 saturated heterocycles. The van der Waals surface area contributed by atoms with Crippen LogP contribution in [0.15, 0.2) is 41.7 Å². The molecule has 4 aliphatic carbocycles. The number of hydrogen-bond donors (Lipinski definition) is 0. The Labute approximate surface area is 250 Å². The number of hydrogen-bond acceptors (Lipinski definition) is 6. The lowest BCUT2D eigenvalue weighted by Gasteiger charge is -2.58. The van der Waals surface area contributed by atoms with E-state index in [1.807, 2.05) is 19.2 Å². The molecule has 220 valence electrons. The largest absolute Gasteiger partial charge is 0.339 e. The van der Waals surface area contributed by atoms with Gasteiger partial charge in [-0.1, -0.05) is 49.9 Å². The minimum absolute atomic E-state index is 0.0743. The first kappa shape index (κ1) is 27.8. The van der Waals surface area contributed by atoms with Gasteiger partial charge in [-0.15, -0.1) is 0 Å². The number of amides is 1. The number of aryl methyl sites for hydroxylation is 1. The van der Waals surface area contributed by atoms with E-state index < -0.39 is 0 Å². The SMILES string of the molecule is Cc1ccnc(S[C@H]2C[C@@H](C(=O)N3CCN(C4C5CC6CC(C5)CC4C6)CC3)N(Cc3ccc(C(C)C)cc3)C2)n1. The van der Waals surface area contributed by atoms with E-state index >= 15 is 0 Å². The van der Waals surface area contributed by atoms with Crippen LogP contribution in [-0.2, 0) is 11.3 Å². The Morgan fingerprint density at radius 2 is 1.61 bits per heavy atom. The molecule has 3 heterocycles. The van der Waals surface area contributed by atoms with Crippen LogP contribution in [0.3, 0.4) is 0 Å². The zero-order valence-corrected chi connectivity index (χ0v) is 25.9. The zero-order valence-electron chi connectivity index (χ0n) is 25.1. The van der Waals surface area contributed by atoms with Gasteiger partial charge in [0.05, 0.1) is 6.04 Å². The number of carbonyl (C=O) groups is 1. The first-order chi connectivity index (χ1) is 19.9. The van der Waals surface area contributed by atoms with Crippen LogP contribution in [0.1, 0.15) is 75.1 Å². The van der Waals surface area contributed by atoms with Crippen LogP contribution in [0.2, 0.25) is 0 Å². The van der Waals surface area contributed by atoms with Crippen molar-refractivity contribution in [2.24, 2.45) is 23.7 Å². The van der Waals surface area contributed by atoms with Gasteiger partial charge in [-0.3, -0.25) is 14.6 Å². The Bertz CT molecular complexity index is 1200. The summed E-state index contributed by atoms with van der Waals surface area (Å²) in [6, 6.07) is 11.7. The van der Waals surface area contributed by atoms with Gasteiger partial charge in [-0.2, -0.15) is 0 Å². The zero-order chi connectivity index (χ0) is 28.1. The van der Waals surface area contributed by atoms with Crippen LogP contribution in [0.4, 0.5) is 0 Å². The van der Waals surface area contributed by atoms with Gasteiger partial charge in [0, 0.05) is 62.5 Å². The lowest BCUT2D eigenvalue weighted by Crippen LogP contribution is -2.61. The van der Waals surface area contributed by atoms with E-state index in [9.17, 15) is 4.79 Å². The summed E-state index contributed by atoms with van der Waals surface area (Å²) < 4.78 is 0. The maximum Gasteiger partial charge on any atom is 0.240 e. The topological polar surface area (TPSA) is 52.6 Å². The fraction of sp³-hybridized carbons (Fsp3) is 0.676. The van der Waals surface area contributed by atoms with Gasteiger partial charge >= 0.3 is 0 Å². The molecule has 1 amide bonds. The Balaban J connectivity index is 1.02. The summed E-state index contributed by atoms with van der Waals surface area (Å²) in [6.45, 7) is 12.1. The van der Waals surface area contributed by atoms with Crippen molar-refractivity contribution in [3.8, 4) is 0 Å². The van der Waals surface area contributed by atoms with Crippen LogP contribution in [0.5, 0.6) is 0 Å². The van der Waals surface area contributed by atoms with Gasteiger partial charge in [0.15, 0.2) is 5.16 Å². The smallest absolute Gasteiger partial charge is 0.240 e. The van der Waals surface area contributed by atoms with Crippen LogP contribution in [-0.4, -0.2) is 80.6 Å². The maximum atomic E-state index is 14.1. The van der Waals surface area contributed by atoms with Crippen molar-refractivity contribution in [1.82, 2.24) is 24.7 Å². The predicted octanol–water partition coefficient (Wildman–Crippen LogP) is 5.61. The molecule has 6 aliphatic rings. The van der Waals surface area contributed by atoms with Gasteiger partial charge in [0.2, 0.25) is 5.91 Å². The number of nitrogens with zero attached hydrogens (tertiary/aromatic N) is 5. The van der Waals surface area contributed by atoms with Crippen molar-refractivity contribution in [2.75, 3.05) is 32.7 Å². The van der Waals surface area contributed by atoms with Crippen molar-refractivity contribution in [3.63, 3.8) is 0 Å². The van der Waals surface area contributed by atoms with Crippen molar-refractivity contribution < 1.29 is 4.79 Å². The normalized spacial score (nSPS) is 33.7. The molecule has 2 atom stereocenters. The lowest BCUT2D eigenvalue weighted by atomic mass is 9.54. The number of aromatic nitrogens is 2. The van der Waals surface area contributed by atoms with E-state index in [1.165, 1.54) is 43.2 Å². The fourth-order valence-electron chi connectivity index (χ4n) is 9.20. The number of rotatable bonds is 7. The van der Waals surface area contributed by atoms with E-state index in [0.29, 0.717) is 17.1 Å². The highest BCUT2D eigenvalue weighted by Crippen LogP contribution is 2.55. The van der Waals surface area contributed by atoms with Gasteiger partial charge in [0.25, 0.3) is 0 Å². The van der Waals surface area contributed by atoms with Crippen molar-refractivity contribution in [2.45, 2.75) is 94.2 Å². The van der Waals surface area contributed by atoms with Gasteiger partial charge in [-0.25, -0.2) is 9.97 Å². The molecule has 4 bridgehead atoms. The van der Waals surface area contributed by atoms with E-state index in [4.69, 9.17) is 0 Å². The highest BCUT2D eigenvalue weighted by atomic mass is 32.2. The minimum Gasteiger partial charge on any atom is -0.339 e. The van der Waals surface area contributed by atoms with Crippen molar-refractivity contribution >= 4 is 17.7 Å². The molecule has 6 nitrogen and oxygen atoms in total. The summed E-state index contributed by atoms with van der Waals surface area (Å²) >= 11 is 1.74. The van der Waals surface area contributed by atoms with Crippen molar-refractivity contribution in [1.29, 1.82) is 0 Å². The number of benzene rings is 1. The average molecular weight is 574 g/mol. The number of thioether (sulfide) groups is 1. The highest BCUT2D eigenvalue weighted by molar-refractivity contribution is 7.99. The van der Waals surface area contributed by atoms with Gasteiger partial charge in [0.1, 0.15) is 0 Å². The molecule has 0 spiro atoms.